The van der Waals surface area contributed by atoms with Crippen molar-refractivity contribution in [3.8, 4) is 0 Å². The lowest BCUT2D eigenvalue weighted by Crippen LogP contribution is -2.49. The third-order valence-corrected chi connectivity index (χ3v) is 4.03. The van der Waals surface area contributed by atoms with Crippen LogP contribution in [0, 0.1) is 0 Å². The summed E-state index contributed by atoms with van der Waals surface area (Å²) >= 11 is 1.78. The van der Waals surface area contributed by atoms with E-state index in [2.05, 4.69) is 22.4 Å². The van der Waals surface area contributed by atoms with Gasteiger partial charge >= 0.3 is 0 Å². The Morgan fingerprint density at radius 1 is 1.37 bits per heavy atom. The van der Waals surface area contributed by atoms with E-state index in [0.717, 1.165) is 32.7 Å². The molecule has 2 N–H and O–H groups in total. The van der Waals surface area contributed by atoms with Gasteiger partial charge in [0, 0.05) is 44.1 Å². The highest BCUT2D eigenvalue weighted by Crippen LogP contribution is 2.13. The number of ether oxygens (including phenoxy) is 1. The largest absolute Gasteiger partial charge is 0.370 e. The van der Waals surface area contributed by atoms with E-state index in [9.17, 15) is 4.79 Å². The third-order valence-electron chi connectivity index (χ3n) is 3.17. The lowest BCUT2D eigenvalue weighted by atomic mass is 10.3. The third kappa shape index (κ3) is 4.58. The first-order valence-corrected chi connectivity index (χ1v) is 7.48. The van der Waals surface area contributed by atoms with Crippen molar-refractivity contribution < 1.29 is 9.53 Å². The average Bonchev–Trinajstić information content (AvgIpc) is 2.93. The minimum atomic E-state index is 0.0734. The zero-order chi connectivity index (χ0) is 13.5. The molecular formula is C13H21N3O2S. The molecule has 0 bridgehead atoms. The van der Waals surface area contributed by atoms with Crippen molar-refractivity contribution in [3.63, 3.8) is 0 Å². The van der Waals surface area contributed by atoms with Gasteiger partial charge in [0.25, 0.3) is 0 Å². The number of carbonyl (C=O) groups is 1. The molecule has 106 valence electrons. The average molecular weight is 283 g/mol. The highest BCUT2D eigenvalue weighted by molar-refractivity contribution is 7.09. The Morgan fingerprint density at radius 3 is 2.79 bits per heavy atom. The standard InChI is InChI=1S/C13H21N3O2S/c14-3-8-18-11-13(17)16-6-4-15(5-7-16)10-12-2-1-9-19-12/h1-2,9H,3-8,10-11,14H2. The Balaban J connectivity index is 1.68. The Kier molecular flexibility index (Phi) is 5.78. The zero-order valence-corrected chi connectivity index (χ0v) is 11.9. The molecule has 0 aromatic carbocycles. The van der Waals surface area contributed by atoms with Crippen LogP contribution < -0.4 is 5.73 Å². The lowest BCUT2D eigenvalue weighted by molar-refractivity contribution is -0.137. The number of nitrogens with zero attached hydrogens (tertiary/aromatic N) is 2. The maximum absolute atomic E-state index is 11.8. The van der Waals surface area contributed by atoms with Crippen LogP contribution in [0.1, 0.15) is 4.88 Å². The first-order chi connectivity index (χ1) is 9.29. The van der Waals surface area contributed by atoms with Gasteiger partial charge in [-0.1, -0.05) is 6.07 Å². The van der Waals surface area contributed by atoms with Crippen LogP contribution in [0.4, 0.5) is 0 Å². The molecule has 1 aliphatic rings. The number of hydrogen-bond acceptors (Lipinski definition) is 5. The summed E-state index contributed by atoms with van der Waals surface area (Å²) in [7, 11) is 0. The molecular weight excluding hydrogens is 262 g/mol. The number of carbonyl (C=O) groups excluding carboxylic acids is 1. The van der Waals surface area contributed by atoms with Crippen LogP contribution in [-0.2, 0) is 16.1 Å². The second-order valence-electron chi connectivity index (χ2n) is 4.58. The Morgan fingerprint density at radius 2 is 2.16 bits per heavy atom. The van der Waals surface area contributed by atoms with Crippen molar-refractivity contribution in [1.29, 1.82) is 0 Å². The first kappa shape index (κ1) is 14.5. The second kappa shape index (κ2) is 7.59. The second-order valence-corrected chi connectivity index (χ2v) is 5.61. The van der Waals surface area contributed by atoms with Gasteiger partial charge in [-0.2, -0.15) is 0 Å². The molecule has 0 saturated carbocycles. The molecule has 1 fully saturated rings. The number of thiophene rings is 1. The molecule has 0 atom stereocenters. The van der Waals surface area contributed by atoms with Gasteiger partial charge in [-0.05, 0) is 11.4 Å². The van der Waals surface area contributed by atoms with Gasteiger partial charge < -0.3 is 15.4 Å². The Labute approximate surface area is 117 Å². The zero-order valence-electron chi connectivity index (χ0n) is 11.1. The van der Waals surface area contributed by atoms with Crippen LogP contribution >= 0.6 is 11.3 Å². The number of hydrogen-bond donors (Lipinski definition) is 1. The molecule has 1 aromatic heterocycles. The summed E-state index contributed by atoms with van der Waals surface area (Å²) in [6.07, 6.45) is 0. The summed E-state index contributed by atoms with van der Waals surface area (Å²) in [5.41, 5.74) is 5.32. The fraction of sp³-hybridized carbons (Fsp3) is 0.615. The fourth-order valence-corrected chi connectivity index (χ4v) is 2.86. The van der Waals surface area contributed by atoms with E-state index in [4.69, 9.17) is 10.5 Å². The molecule has 19 heavy (non-hydrogen) atoms. The van der Waals surface area contributed by atoms with Crippen molar-refractivity contribution in [2.24, 2.45) is 5.73 Å². The summed E-state index contributed by atoms with van der Waals surface area (Å²) < 4.78 is 5.18. The summed E-state index contributed by atoms with van der Waals surface area (Å²) in [5.74, 6) is 0.0734. The minimum absolute atomic E-state index is 0.0734. The Hall–Kier alpha value is -0.950. The summed E-state index contributed by atoms with van der Waals surface area (Å²) in [6, 6.07) is 4.23. The van der Waals surface area contributed by atoms with Gasteiger partial charge in [-0.15, -0.1) is 11.3 Å². The molecule has 1 amide bonds. The van der Waals surface area contributed by atoms with E-state index in [1.807, 2.05) is 4.90 Å². The maximum Gasteiger partial charge on any atom is 0.248 e. The van der Waals surface area contributed by atoms with Crippen LogP contribution in [0.3, 0.4) is 0 Å². The number of amides is 1. The molecule has 0 aliphatic carbocycles. The molecule has 2 heterocycles. The number of nitrogens with two attached hydrogens (primary N) is 1. The van der Waals surface area contributed by atoms with Gasteiger partial charge in [0.05, 0.1) is 6.61 Å². The number of rotatable bonds is 6. The minimum Gasteiger partial charge on any atom is -0.370 e. The van der Waals surface area contributed by atoms with Crippen molar-refractivity contribution in [2.75, 3.05) is 45.9 Å². The molecule has 6 heteroatoms. The molecule has 2 rings (SSSR count). The molecule has 1 aromatic rings. The number of piperazine rings is 1. The Bertz CT molecular complexity index is 375. The lowest BCUT2D eigenvalue weighted by Gasteiger charge is -2.34. The van der Waals surface area contributed by atoms with E-state index in [0.29, 0.717) is 13.2 Å². The van der Waals surface area contributed by atoms with Crippen LogP contribution in [0.5, 0.6) is 0 Å². The van der Waals surface area contributed by atoms with E-state index < -0.39 is 0 Å². The first-order valence-electron chi connectivity index (χ1n) is 6.60. The van der Waals surface area contributed by atoms with Gasteiger partial charge in [-0.25, -0.2) is 0 Å². The summed E-state index contributed by atoms with van der Waals surface area (Å²) in [5, 5.41) is 2.10. The van der Waals surface area contributed by atoms with Crippen LogP contribution in [0.15, 0.2) is 17.5 Å². The molecule has 1 aliphatic heterocycles. The molecule has 1 saturated heterocycles. The van der Waals surface area contributed by atoms with Crippen LogP contribution in [-0.4, -0.2) is 61.6 Å². The molecule has 0 radical (unpaired) electrons. The molecule has 5 nitrogen and oxygen atoms in total. The van der Waals surface area contributed by atoms with Gasteiger partial charge in [0.1, 0.15) is 6.61 Å². The van der Waals surface area contributed by atoms with E-state index in [1.54, 1.807) is 11.3 Å². The smallest absolute Gasteiger partial charge is 0.248 e. The normalized spacial score (nSPS) is 16.8. The van der Waals surface area contributed by atoms with Crippen LogP contribution in [0.25, 0.3) is 0 Å². The highest BCUT2D eigenvalue weighted by Gasteiger charge is 2.21. The molecule has 0 unspecified atom stereocenters. The van der Waals surface area contributed by atoms with Gasteiger partial charge in [-0.3, -0.25) is 9.69 Å². The quantitative estimate of drug-likeness (QED) is 0.766. The monoisotopic (exact) mass is 283 g/mol. The SMILES string of the molecule is NCCOCC(=O)N1CCN(Cc2cccs2)CC1. The van der Waals surface area contributed by atoms with Crippen molar-refractivity contribution in [3.05, 3.63) is 22.4 Å². The van der Waals surface area contributed by atoms with Crippen molar-refractivity contribution >= 4 is 17.2 Å². The predicted octanol–water partition coefficient (Wildman–Crippen LogP) is 0.368. The topological polar surface area (TPSA) is 58.8 Å². The van der Waals surface area contributed by atoms with Crippen molar-refractivity contribution in [2.45, 2.75) is 6.54 Å². The van der Waals surface area contributed by atoms with E-state index >= 15 is 0 Å². The summed E-state index contributed by atoms with van der Waals surface area (Å²) in [4.78, 5) is 17.5. The summed E-state index contributed by atoms with van der Waals surface area (Å²) in [6.45, 7) is 5.49. The van der Waals surface area contributed by atoms with Gasteiger partial charge in [0.2, 0.25) is 5.91 Å². The fourth-order valence-electron chi connectivity index (χ4n) is 2.11. The van der Waals surface area contributed by atoms with E-state index in [-0.39, 0.29) is 12.5 Å². The van der Waals surface area contributed by atoms with Gasteiger partial charge in [0.15, 0.2) is 0 Å². The molecule has 0 spiro atoms. The van der Waals surface area contributed by atoms with E-state index in [1.165, 1.54) is 4.88 Å². The predicted molar refractivity (Wildman–Crippen MR) is 76.0 cm³/mol. The maximum atomic E-state index is 11.8. The van der Waals surface area contributed by atoms with Crippen molar-refractivity contribution in [1.82, 2.24) is 9.80 Å². The highest BCUT2D eigenvalue weighted by atomic mass is 32.1. The van der Waals surface area contributed by atoms with Crippen LogP contribution in [0.2, 0.25) is 0 Å².